The van der Waals surface area contributed by atoms with Crippen molar-refractivity contribution in [2.45, 2.75) is 33.2 Å². The third-order valence-corrected chi connectivity index (χ3v) is 2.08. The molecule has 0 aliphatic heterocycles. The molecule has 0 saturated heterocycles. The molecule has 3 heteroatoms. The summed E-state index contributed by atoms with van der Waals surface area (Å²) in [5.74, 6) is -0.165. The molecule has 0 radical (unpaired) electrons. The van der Waals surface area contributed by atoms with Crippen LogP contribution >= 0.6 is 0 Å². The number of nitrogens with zero attached hydrogens (tertiary/aromatic N) is 1. The molecule has 0 aliphatic carbocycles. The first-order chi connectivity index (χ1) is 6.15. The van der Waals surface area contributed by atoms with Gasteiger partial charge in [-0.3, -0.25) is 4.79 Å². The van der Waals surface area contributed by atoms with Crippen molar-refractivity contribution >= 4 is 0 Å². The SMILES string of the molecule is CCCCn1cc(O)c(=O)cc1C. The Bertz CT molecular complexity index is 341. The quantitative estimate of drug-likeness (QED) is 0.770. The van der Waals surface area contributed by atoms with Crippen molar-refractivity contribution in [2.75, 3.05) is 0 Å². The standard InChI is InChI=1S/C10H15NO2/c1-3-4-5-11-7-10(13)9(12)6-8(11)2/h6-7,13H,3-5H2,1-2H3. The highest BCUT2D eigenvalue weighted by atomic mass is 16.3. The Morgan fingerprint density at radius 2 is 2.23 bits per heavy atom. The van der Waals surface area contributed by atoms with E-state index in [9.17, 15) is 9.90 Å². The van der Waals surface area contributed by atoms with Gasteiger partial charge in [0.25, 0.3) is 0 Å². The van der Waals surface area contributed by atoms with Crippen molar-refractivity contribution < 1.29 is 5.11 Å². The fraction of sp³-hybridized carbons (Fsp3) is 0.500. The number of hydrogen-bond donors (Lipinski definition) is 1. The zero-order valence-electron chi connectivity index (χ0n) is 8.08. The molecule has 0 aliphatic rings. The first-order valence-corrected chi connectivity index (χ1v) is 4.55. The number of aromatic nitrogens is 1. The molecule has 1 N–H and O–H groups in total. The van der Waals surface area contributed by atoms with E-state index in [0.717, 1.165) is 25.1 Å². The van der Waals surface area contributed by atoms with Crippen LogP contribution in [0.2, 0.25) is 0 Å². The molecule has 0 aromatic carbocycles. The summed E-state index contributed by atoms with van der Waals surface area (Å²) in [5.41, 5.74) is 0.599. The van der Waals surface area contributed by atoms with Crippen molar-refractivity contribution in [2.24, 2.45) is 0 Å². The zero-order valence-corrected chi connectivity index (χ0v) is 8.08. The van der Waals surface area contributed by atoms with Crippen LogP contribution in [0.25, 0.3) is 0 Å². The van der Waals surface area contributed by atoms with Crippen molar-refractivity contribution in [1.82, 2.24) is 4.57 Å². The predicted molar refractivity (Wildman–Crippen MR) is 52.0 cm³/mol. The van der Waals surface area contributed by atoms with E-state index in [1.54, 1.807) is 0 Å². The van der Waals surface area contributed by atoms with Gasteiger partial charge in [0.2, 0.25) is 5.43 Å². The van der Waals surface area contributed by atoms with Crippen LogP contribution in [0.1, 0.15) is 25.5 Å². The number of pyridine rings is 1. The first kappa shape index (κ1) is 9.84. The van der Waals surface area contributed by atoms with Crippen LogP contribution in [0.4, 0.5) is 0 Å². The number of aryl methyl sites for hydroxylation is 2. The minimum atomic E-state index is -0.301. The molecule has 0 spiro atoms. The molecule has 1 aromatic heterocycles. The highest BCUT2D eigenvalue weighted by Gasteiger charge is 2.00. The van der Waals surface area contributed by atoms with Gasteiger partial charge in [0.15, 0.2) is 5.75 Å². The van der Waals surface area contributed by atoms with E-state index >= 15 is 0 Å². The Morgan fingerprint density at radius 3 is 2.85 bits per heavy atom. The molecule has 0 fully saturated rings. The average molecular weight is 181 g/mol. The van der Waals surface area contributed by atoms with Crippen LogP contribution in [0.5, 0.6) is 5.75 Å². The topological polar surface area (TPSA) is 42.2 Å². The summed E-state index contributed by atoms with van der Waals surface area (Å²) < 4.78 is 1.90. The van der Waals surface area contributed by atoms with Gasteiger partial charge in [0.05, 0.1) is 0 Å². The van der Waals surface area contributed by atoms with E-state index in [1.807, 2.05) is 11.5 Å². The summed E-state index contributed by atoms with van der Waals surface area (Å²) in [6.07, 6.45) is 3.67. The maximum atomic E-state index is 11.0. The van der Waals surface area contributed by atoms with Gasteiger partial charge in [0.1, 0.15) is 0 Å². The Morgan fingerprint density at radius 1 is 1.54 bits per heavy atom. The number of aromatic hydroxyl groups is 1. The van der Waals surface area contributed by atoms with Crippen molar-refractivity contribution in [1.29, 1.82) is 0 Å². The molecular formula is C10H15NO2. The summed E-state index contributed by atoms with van der Waals surface area (Å²) in [4.78, 5) is 11.0. The minimum Gasteiger partial charge on any atom is -0.503 e. The Hall–Kier alpha value is -1.25. The maximum Gasteiger partial charge on any atom is 0.223 e. The second-order valence-electron chi connectivity index (χ2n) is 3.21. The molecule has 0 amide bonds. The van der Waals surface area contributed by atoms with Gasteiger partial charge in [-0.2, -0.15) is 0 Å². The monoisotopic (exact) mass is 181 g/mol. The van der Waals surface area contributed by atoms with Crippen molar-refractivity contribution in [3.8, 4) is 5.75 Å². The zero-order chi connectivity index (χ0) is 9.84. The van der Waals surface area contributed by atoms with Crippen LogP contribution in [0, 0.1) is 6.92 Å². The van der Waals surface area contributed by atoms with E-state index in [2.05, 4.69) is 6.92 Å². The molecule has 0 unspecified atom stereocenters. The average Bonchev–Trinajstić information content (AvgIpc) is 2.09. The summed E-state index contributed by atoms with van der Waals surface area (Å²) in [6, 6.07) is 1.46. The van der Waals surface area contributed by atoms with E-state index in [-0.39, 0.29) is 11.2 Å². The third-order valence-electron chi connectivity index (χ3n) is 2.08. The Balaban J connectivity index is 2.95. The summed E-state index contributed by atoms with van der Waals surface area (Å²) in [5, 5.41) is 9.19. The second-order valence-corrected chi connectivity index (χ2v) is 3.21. The minimum absolute atomic E-state index is 0.165. The number of rotatable bonds is 3. The van der Waals surface area contributed by atoms with E-state index in [0.29, 0.717) is 0 Å². The van der Waals surface area contributed by atoms with Crippen LogP contribution in [0.15, 0.2) is 17.1 Å². The second kappa shape index (κ2) is 4.12. The first-order valence-electron chi connectivity index (χ1n) is 4.55. The molecule has 72 valence electrons. The van der Waals surface area contributed by atoms with Crippen LogP contribution < -0.4 is 5.43 Å². The lowest BCUT2D eigenvalue weighted by atomic mass is 10.3. The third kappa shape index (κ3) is 2.34. The highest BCUT2D eigenvalue weighted by Crippen LogP contribution is 2.05. The van der Waals surface area contributed by atoms with Gasteiger partial charge < -0.3 is 9.67 Å². The van der Waals surface area contributed by atoms with Crippen LogP contribution in [0.3, 0.4) is 0 Å². The Labute approximate surface area is 77.6 Å². The lowest BCUT2D eigenvalue weighted by Crippen LogP contribution is -2.09. The summed E-state index contributed by atoms with van der Waals surface area (Å²) in [6.45, 7) is 4.84. The molecular weight excluding hydrogens is 166 g/mol. The lowest BCUT2D eigenvalue weighted by Gasteiger charge is -2.09. The molecule has 1 rings (SSSR count). The predicted octanol–water partition coefficient (Wildman–Crippen LogP) is 1.66. The molecule has 3 nitrogen and oxygen atoms in total. The van der Waals surface area contributed by atoms with Gasteiger partial charge in [-0.1, -0.05) is 13.3 Å². The van der Waals surface area contributed by atoms with Gasteiger partial charge in [-0.05, 0) is 13.3 Å². The van der Waals surface area contributed by atoms with Crippen LogP contribution in [-0.2, 0) is 6.54 Å². The molecule has 1 heterocycles. The maximum absolute atomic E-state index is 11.0. The number of hydrogen-bond acceptors (Lipinski definition) is 2. The van der Waals surface area contributed by atoms with Gasteiger partial charge in [0, 0.05) is 24.5 Å². The van der Waals surface area contributed by atoms with Crippen LogP contribution in [-0.4, -0.2) is 9.67 Å². The molecule has 0 atom stereocenters. The molecule has 1 aromatic rings. The van der Waals surface area contributed by atoms with Gasteiger partial charge >= 0.3 is 0 Å². The lowest BCUT2D eigenvalue weighted by molar-refractivity contribution is 0.457. The highest BCUT2D eigenvalue weighted by molar-refractivity contribution is 5.19. The molecule has 13 heavy (non-hydrogen) atoms. The van der Waals surface area contributed by atoms with Gasteiger partial charge in [-0.15, -0.1) is 0 Å². The van der Waals surface area contributed by atoms with E-state index in [1.165, 1.54) is 12.3 Å². The smallest absolute Gasteiger partial charge is 0.223 e. The van der Waals surface area contributed by atoms with Crippen molar-refractivity contribution in [3.05, 3.63) is 28.2 Å². The summed E-state index contributed by atoms with van der Waals surface area (Å²) in [7, 11) is 0. The fourth-order valence-corrected chi connectivity index (χ4v) is 1.23. The number of unbranched alkanes of at least 4 members (excludes halogenated alkanes) is 1. The normalized spacial score (nSPS) is 10.3. The van der Waals surface area contributed by atoms with E-state index in [4.69, 9.17) is 0 Å². The Kier molecular flexibility index (Phi) is 3.12. The molecule has 0 bridgehead atoms. The molecule has 0 saturated carbocycles. The van der Waals surface area contributed by atoms with Gasteiger partial charge in [-0.25, -0.2) is 0 Å². The summed E-state index contributed by atoms with van der Waals surface area (Å²) >= 11 is 0. The largest absolute Gasteiger partial charge is 0.503 e. The fourth-order valence-electron chi connectivity index (χ4n) is 1.23. The van der Waals surface area contributed by atoms with E-state index < -0.39 is 0 Å². The van der Waals surface area contributed by atoms with Crippen molar-refractivity contribution in [3.63, 3.8) is 0 Å².